The van der Waals surface area contributed by atoms with Crippen LogP contribution in [0.5, 0.6) is 0 Å². The molecule has 0 aromatic carbocycles. The minimum Gasteiger partial charge on any atom is -0.192 e. The SMILES string of the molecule is CC/C=C\C(=C/CC)C1=CC(C#N)=CC=CC1. The zero-order valence-corrected chi connectivity index (χ0v) is 10.6. The van der Waals surface area contributed by atoms with Crippen LogP contribution in [0, 0.1) is 11.3 Å². The van der Waals surface area contributed by atoms with Gasteiger partial charge in [0.05, 0.1) is 11.6 Å². The Morgan fingerprint density at radius 2 is 2.24 bits per heavy atom. The summed E-state index contributed by atoms with van der Waals surface area (Å²) < 4.78 is 0. The van der Waals surface area contributed by atoms with E-state index in [1.54, 1.807) is 0 Å². The van der Waals surface area contributed by atoms with Gasteiger partial charge in [-0.1, -0.05) is 44.2 Å². The maximum absolute atomic E-state index is 8.99. The van der Waals surface area contributed by atoms with E-state index in [0.29, 0.717) is 0 Å². The fraction of sp³-hybridized carbons (Fsp3) is 0.312. The lowest BCUT2D eigenvalue weighted by molar-refractivity contribution is 1.16. The van der Waals surface area contributed by atoms with Crippen LogP contribution in [0.3, 0.4) is 0 Å². The van der Waals surface area contributed by atoms with Crippen molar-refractivity contribution in [2.24, 2.45) is 0 Å². The number of nitriles is 1. The van der Waals surface area contributed by atoms with Gasteiger partial charge in [0.25, 0.3) is 0 Å². The average molecular weight is 225 g/mol. The molecule has 1 nitrogen and oxygen atoms in total. The van der Waals surface area contributed by atoms with Crippen molar-refractivity contribution in [3.8, 4) is 6.07 Å². The number of hydrogen-bond acceptors (Lipinski definition) is 1. The molecule has 88 valence electrons. The normalized spacial score (nSPS) is 16.4. The minimum atomic E-state index is 0.723. The highest BCUT2D eigenvalue weighted by Crippen LogP contribution is 2.21. The second kappa shape index (κ2) is 7.46. The molecule has 0 N–H and O–H groups in total. The van der Waals surface area contributed by atoms with Crippen molar-refractivity contribution in [2.45, 2.75) is 33.1 Å². The smallest absolute Gasteiger partial charge is 0.0991 e. The van der Waals surface area contributed by atoms with E-state index in [-0.39, 0.29) is 0 Å². The lowest BCUT2D eigenvalue weighted by Crippen LogP contribution is -1.87. The third kappa shape index (κ3) is 4.28. The van der Waals surface area contributed by atoms with Gasteiger partial charge in [0.15, 0.2) is 0 Å². The molecule has 0 radical (unpaired) electrons. The summed E-state index contributed by atoms with van der Waals surface area (Å²) in [5.41, 5.74) is 3.18. The van der Waals surface area contributed by atoms with E-state index in [1.807, 2.05) is 18.2 Å². The first kappa shape index (κ1) is 13.3. The van der Waals surface area contributed by atoms with Crippen molar-refractivity contribution >= 4 is 0 Å². The van der Waals surface area contributed by atoms with Crippen LogP contribution in [0.1, 0.15) is 33.1 Å². The van der Waals surface area contributed by atoms with Crippen LogP contribution in [0.4, 0.5) is 0 Å². The van der Waals surface area contributed by atoms with E-state index in [0.717, 1.165) is 24.8 Å². The maximum Gasteiger partial charge on any atom is 0.0991 e. The van der Waals surface area contributed by atoms with E-state index in [9.17, 15) is 0 Å². The molecule has 1 aliphatic carbocycles. The number of hydrogen-bond donors (Lipinski definition) is 0. The van der Waals surface area contributed by atoms with E-state index >= 15 is 0 Å². The van der Waals surface area contributed by atoms with E-state index in [4.69, 9.17) is 5.26 Å². The summed E-state index contributed by atoms with van der Waals surface area (Å²) in [4.78, 5) is 0. The molecule has 0 bridgehead atoms. The molecular formula is C16H19N. The Bertz CT molecular complexity index is 437. The highest BCUT2D eigenvalue weighted by atomic mass is 14.2. The van der Waals surface area contributed by atoms with Crippen molar-refractivity contribution in [2.75, 3.05) is 0 Å². The number of nitrogens with zero attached hydrogens (tertiary/aromatic N) is 1. The Kier molecular flexibility index (Phi) is 5.82. The molecule has 0 saturated heterocycles. The van der Waals surface area contributed by atoms with Crippen molar-refractivity contribution in [1.29, 1.82) is 5.26 Å². The fourth-order valence-electron chi connectivity index (χ4n) is 1.70. The first-order chi connectivity index (χ1) is 8.31. The van der Waals surface area contributed by atoms with Crippen LogP contribution in [0.2, 0.25) is 0 Å². The van der Waals surface area contributed by atoms with Crippen LogP contribution in [0.15, 0.2) is 59.3 Å². The molecule has 0 spiro atoms. The zero-order chi connectivity index (χ0) is 12.5. The Labute approximate surface area is 104 Å². The molecule has 1 heteroatoms. The topological polar surface area (TPSA) is 23.8 Å². The molecule has 0 aliphatic heterocycles. The molecular weight excluding hydrogens is 206 g/mol. The highest BCUT2D eigenvalue weighted by molar-refractivity contribution is 5.50. The third-order valence-corrected chi connectivity index (χ3v) is 2.54. The third-order valence-electron chi connectivity index (χ3n) is 2.54. The van der Waals surface area contributed by atoms with Gasteiger partial charge in [0.1, 0.15) is 0 Å². The molecule has 17 heavy (non-hydrogen) atoms. The van der Waals surface area contributed by atoms with Gasteiger partial charge >= 0.3 is 0 Å². The molecule has 0 aromatic heterocycles. The minimum absolute atomic E-state index is 0.723. The Balaban J connectivity index is 3.03. The van der Waals surface area contributed by atoms with Gasteiger partial charge < -0.3 is 0 Å². The van der Waals surface area contributed by atoms with Gasteiger partial charge in [0, 0.05) is 0 Å². The number of rotatable bonds is 4. The van der Waals surface area contributed by atoms with Crippen molar-refractivity contribution in [3.63, 3.8) is 0 Å². The lowest BCUT2D eigenvalue weighted by Gasteiger charge is -2.05. The Hall–Kier alpha value is -1.81. The molecule has 0 amide bonds. The summed E-state index contributed by atoms with van der Waals surface area (Å²) in [6.45, 7) is 4.26. The van der Waals surface area contributed by atoms with Crippen molar-refractivity contribution in [3.05, 3.63) is 59.3 Å². The molecule has 1 aliphatic rings. The zero-order valence-electron chi connectivity index (χ0n) is 10.6. The summed E-state index contributed by atoms with van der Waals surface area (Å²) in [6.07, 6.45) is 17.4. The second-order valence-corrected chi connectivity index (χ2v) is 3.91. The predicted molar refractivity (Wildman–Crippen MR) is 73.3 cm³/mol. The Morgan fingerprint density at radius 1 is 1.41 bits per heavy atom. The summed E-state index contributed by atoms with van der Waals surface area (Å²) >= 11 is 0. The summed E-state index contributed by atoms with van der Waals surface area (Å²) in [5.74, 6) is 0. The van der Waals surface area contributed by atoms with Crippen LogP contribution in [-0.2, 0) is 0 Å². The molecule has 0 atom stereocenters. The standard InChI is InChI=1S/C16H19N/c1-3-5-10-15(8-4-2)16-11-7-6-9-14(12-16)13-17/h5-10,12H,3-4,11H2,1-2H3/b10-5-,15-8+. The molecule has 1 rings (SSSR count). The second-order valence-electron chi connectivity index (χ2n) is 3.91. The van der Waals surface area contributed by atoms with Crippen molar-refractivity contribution in [1.82, 2.24) is 0 Å². The van der Waals surface area contributed by atoms with Crippen LogP contribution in [-0.4, -0.2) is 0 Å². The molecule has 0 heterocycles. The lowest BCUT2D eigenvalue weighted by atomic mass is 9.99. The van der Waals surface area contributed by atoms with Gasteiger partial charge in [-0.3, -0.25) is 0 Å². The van der Waals surface area contributed by atoms with Crippen molar-refractivity contribution < 1.29 is 0 Å². The fourth-order valence-corrected chi connectivity index (χ4v) is 1.70. The van der Waals surface area contributed by atoms with E-state index in [2.05, 4.69) is 44.2 Å². The van der Waals surface area contributed by atoms with Crippen LogP contribution in [0.25, 0.3) is 0 Å². The Morgan fingerprint density at radius 3 is 2.88 bits per heavy atom. The average Bonchev–Trinajstić information content (AvgIpc) is 2.59. The van der Waals surface area contributed by atoms with E-state index in [1.165, 1.54) is 11.1 Å². The molecule has 0 aromatic rings. The monoisotopic (exact) mass is 225 g/mol. The molecule has 0 unspecified atom stereocenters. The van der Waals surface area contributed by atoms with Gasteiger partial charge in [-0.05, 0) is 42.6 Å². The van der Waals surface area contributed by atoms with Gasteiger partial charge in [-0.2, -0.15) is 5.26 Å². The van der Waals surface area contributed by atoms with Gasteiger partial charge in [0.2, 0.25) is 0 Å². The summed E-state index contributed by atoms with van der Waals surface area (Å²) in [7, 11) is 0. The van der Waals surface area contributed by atoms with Crippen LogP contribution < -0.4 is 0 Å². The number of allylic oxidation sites excluding steroid dienone is 10. The van der Waals surface area contributed by atoms with Gasteiger partial charge in [-0.15, -0.1) is 0 Å². The summed E-state index contributed by atoms with van der Waals surface area (Å²) in [5, 5.41) is 8.99. The van der Waals surface area contributed by atoms with Crippen LogP contribution >= 0.6 is 0 Å². The highest BCUT2D eigenvalue weighted by Gasteiger charge is 2.04. The largest absolute Gasteiger partial charge is 0.192 e. The van der Waals surface area contributed by atoms with Gasteiger partial charge in [-0.25, -0.2) is 0 Å². The first-order valence-electron chi connectivity index (χ1n) is 6.16. The summed E-state index contributed by atoms with van der Waals surface area (Å²) in [6, 6.07) is 2.21. The quantitative estimate of drug-likeness (QED) is 0.640. The first-order valence-corrected chi connectivity index (χ1v) is 6.16. The van der Waals surface area contributed by atoms with E-state index < -0.39 is 0 Å². The maximum atomic E-state index is 8.99. The molecule has 0 saturated carbocycles. The predicted octanol–water partition coefficient (Wildman–Crippen LogP) is 4.63. The molecule has 0 fully saturated rings.